The molecule has 1 atom stereocenters. The second-order valence-electron chi connectivity index (χ2n) is 5.99. The van der Waals surface area contributed by atoms with Gasteiger partial charge in [-0.2, -0.15) is 0 Å². The first-order chi connectivity index (χ1) is 12.7. The largest absolute Gasteiger partial charge is 0.322 e. The number of nitrogens with zero attached hydrogens (tertiary/aromatic N) is 1. The molecule has 1 aliphatic rings. The van der Waals surface area contributed by atoms with Crippen LogP contribution in [0.25, 0.3) is 0 Å². The standard InChI is InChI=1S/C17H13ClN4O5/c1-17(15(24)20-16(25)21-17)10-3-2-4-11(8-10)19-14(23)9-5-6-12(18)13(7-9)22(26)27/h2-8H,1H3,(H,19,23)(H2,20,21,24,25). The van der Waals surface area contributed by atoms with Crippen molar-refractivity contribution in [1.29, 1.82) is 0 Å². The summed E-state index contributed by atoms with van der Waals surface area (Å²) in [6.07, 6.45) is 0. The highest BCUT2D eigenvalue weighted by Gasteiger charge is 2.43. The van der Waals surface area contributed by atoms with Gasteiger partial charge in [0.1, 0.15) is 10.6 Å². The van der Waals surface area contributed by atoms with Crippen molar-refractivity contribution in [2.75, 3.05) is 5.32 Å². The Morgan fingerprint density at radius 3 is 2.59 bits per heavy atom. The Kier molecular flexibility index (Phi) is 4.54. The van der Waals surface area contributed by atoms with Crippen molar-refractivity contribution in [3.63, 3.8) is 0 Å². The van der Waals surface area contributed by atoms with Crippen LogP contribution < -0.4 is 16.0 Å². The van der Waals surface area contributed by atoms with Crippen LogP contribution in [0.15, 0.2) is 42.5 Å². The van der Waals surface area contributed by atoms with Crippen molar-refractivity contribution in [1.82, 2.24) is 10.6 Å². The molecule has 1 unspecified atom stereocenters. The summed E-state index contributed by atoms with van der Waals surface area (Å²) in [4.78, 5) is 46.1. The summed E-state index contributed by atoms with van der Waals surface area (Å²) in [6.45, 7) is 1.54. The van der Waals surface area contributed by atoms with Gasteiger partial charge in [-0.15, -0.1) is 0 Å². The van der Waals surface area contributed by atoms with Crippen molar-refractivity contribution in [2.45, 2.75) is 12.5 Å². The lowest BCUT2D eigenvalue weighted by atomic mass is 9.92. The zero-order valence-electron chi connectivity index (χ0n) is 13.9. The number of halogens is 1. The highest BCUT2D eigenvalue weighted by molar-refractivity contribution is 6.32. The van der Waals surface area contributed by atoms with Gasteiger partial charge in [0.05, 0.1) is 4.92 Å². The van der Waals surface area contributed by atoms with Gasteiger partial charge in [-0.1, -0.05) is 23.7 Å². The zero-order chi connectivity index (χ0) is 19.8. The van der Waals surface area contributed by atoms with E-state index in [4.69, 9.17) is 11.6 Å². The summed E-state index contributed by atoms with van der Waals surface area (Å²) in [5.41, 5.74) is -0.779. The summed E-state index contributed by atoms with van der Waals surface area (Å²) in [7, 11) is 0. The van der Waals surface area contributed by atoms with Crippen LogP contribution in [0.5, 0.6) is 0 Å². The molecule has 3 N–H and O–H groups in total. The Bertz CT molecular complexity index is 993. The molecule has 0 saturated carbocycles. The molecule has 10 heteroatoms. The molecule has 0 bridgehead atoms. The molecule has 1 aliphatic heterocycles. The van der Waals surface area contributed by atoms with E-state index in [1.807, 2.05) is 0 Å². The lowest BCUT2D eigenvalue weighted by molar-refractivity contribution is -0.384. The monoisotopic (exact) mass is 388 g/mol. The number of nitrogens with one attached hydrogen (secondary N) is 3. The number of nitro groups is 1. The number of carbonyl (C=O) groups excluding carboxylic acids is 3. The number of rotatable bonds is 4. The van der Waals surface area contributed by atoms with Gasteiger partial charge in [-0.3, -0.25) is 25.0 Å². The number of carbonyl (C=O) groups is 3. The van der Waals surface area contributed by atoms with Crippen molar-refractivity contribution in [3.05, 3.63) is 68.7 Å². The normalized spacial score (nSPS) is 18.6. The molecule has 4 amide bonds. The van der Waals surface area contributed by atoms with E-state index in [0.29, 0.717) is 11.3 Å². The molecule has 0 aromatic heterocycles. The zero-order valence-corrected chi connectivity index (χ0v) is 14.7. The van der Waals surface area contributed by atoms with Gasteiger partial charge in [0, 0.05) is 17.3 Å². The van der Waals surface area contributed by atoms with Crippen molar-refractivity contribution < 1.29 is 19.3 Å². The lowest BCUT2D eigenvalue weighted by Gasteiger charge is -2.21. The highest BCUT2D eigenvalue weighted by Crippen LogP contribution is 2.28. The van der Waals surface area contributed by atoms with Crippen LogP contribution in [0.2, 0.25) is 5.02 Å². The van der Waals surface area contributed by atoms with Gasteiger partial charge in [0.2, 0.25) is 0 Å². The Morgan fingerprint density at radius 2 is 1.96 bits per heavy atom. The summed E-state index contributed by atoms with van der Waals surface area (Å²) in [6, 6.07) is 9.47. The Hall–Kier alpha value is -3.46. The number of nitro benzene ring substituents is 1. The van der Waals surface area contributed by atoms with Gasteiger partial charge < -0.3 is 10.6 Å². The Labute approximate surface area is 157 Å². The van der Waals surface area contributed by atoms with E-state index in [2.05, 4.69) is 16.0 Å². The fourth-order valence-corrected chi connectivity index (χ4v) is 2.84. The number of urea groups is 1. The molecule has 0 spiro atoms. The number of hydrogen-bond donors (Lipinski definition) is 3. The first-order valence-corrected chi connectivity index (χ1v) is 8.08. The van der Waals surface area contributed by atoms with Crippen molar-refractivity contribution in [2.24, 2.45) is 0 Å². The minimum absolute atomic E-state index is 0.0506. The van der Waals surface area contributed by atoms with Gasteiger partial charge in [-0.05, 0) is 36.8 Å². The highest BCUT2D eigenvalue weighted by atomic mass is 35.5. The predicted molar refractivity (Wildman–Crippen MR) is 96.5 cm³/mol. The smallest absolute Gasteiger partial charge is 0.322 e. The molecular weight excluding hydrogens is 376 g/mol. The van der Waals surface area contributed by atoms with E-state index in [1.54, 1.807) is 18.2 Å². The quantitative estimate of drug-likeness (QED) is 0.421. The summed E-state index contributed by atoms with van der Waals surface area (Å²) < 4.78 is 0. The third-order valence-electron chi connectivity index (χ3n) is 4.15. The van der Waals surface area contributed by atoms with E-state index >= 15 is 0 Å². The molecule has 0 radical (unpaired) electrons. The average Bonchev–Trinajstić information content (AvgIpc) is 2.88. The maximum Gasteiger partial charge on any atom is 0.322 e. The molecule has 9 nitrogen and oxygen atoms in total. The van der Waals surface area contributed by atoms with Crippen LogP contribution in [0.1, 0.15) is 22.8 Å². The number of amides is 4. The van der Waals surface area contributed by atoms with E-state index in [9.17, 15) is 24.5 Å². The molecule has 27 heavy (non-hydrogen) atoms. The average molecular weight is 389 g/mol. The van der Waals surface area contributed by atoms with Crippen LogP contribution in [0.4, 0.5) is 16.2 Å². The van der Waals surface area contributed by atoms with Gasteiger partial charge in [-0.25, -0.2) is 4.79 Å². The minimum atomic E-state index is -1.27. The molecule has 2 aromatic carbocycles. The maximum atomic E-state index is 12.4. The number of anilines is 1. The molecule has 2 aromatic rings. The molecule has 1 saturated heterocycles. The number of benzene rings is 2. The molecule has 0 aliphatic carbocycles. The topological polar surface area (TPSA) is 130 Å². The molecule has 1 heterocycles. The van der Waals surface area contributed by atoms with Gasteiger partial charge >= 0.3 is 6.03 Å². The third-order valence-corrected chi connectivity index (χ3v) is 4.47. The van der Waals surface area contributed by atoms with E-state index in [0.717, 1.165) is 6.07 Å². The lowest BCUT2D eigenvalue weighted by Crippen LogP contribution is -2.40. The molecule has 3 rings (SSSR count). The maximum absolute atomic E-state index is 12.4. The van der Waals surface area contributed by atoms with Gasteiger partial charge in [0.15, 0.2) is 0 Å². The number of imide groups is 1. The van der Waals surface area contributed by atoms with Crippen molar-refractivity contribution in [3.8, 4) is 0 Å². The molecule has 1 fully saturated rings. The Balaban J connectivity index is 1.86. The summed E-state index contributed by atoms with van der Waals surface area (Å²) >= 11 is 5.74. The molecular formula is C17H13ClN4O5. The van der Waals surface area contributed by atoms with Crippen LogP contribution in [-0.4, -0.2) is 22.8 Å². The second kappa shape index (κ2) is 6.69. The summed E-state index contributed by atoms with van der Waals surface area (Å²) in [5, 5.41) is 18.2. The SMILES string of the molecule is CC1(c2cccc(NC(=O)c3ccc(Cl)c([N+](=O)[O-])c3)c2)NC(=O)NC1=O. The fourth-order valence-electron chi connectivity index (χ4n) is 2.65. The van der Waals surface area contributed by atoms with Gasteiger partial charge in [0.25, 0.3) is 17.5 Å². The van der Waals surface area contributed by atoms with E-state index < -0.39 is 28.3 Å². The van der Waals surface area contributed by atoms with Crippen LogP contribution >= 0.6 is 11.6 Å². The molecule has 138 valence electrons. The summed E-state index contributed by atoms with van der Waals surface area (Å²) in [5.74, 6) is -1.10. The minimum Gasteiger partial charge on any atom is -0.322 e. The van der Waals surface area contributed by atoms with E-state index in [-0.39, 0.29) is 16.3 Å². The van der Waals surface area contributed by atoms with Crippen LogP contribution in [-0.2, 0) is 10.3 Å². The fraction of sp³-hybridized carbons (Fsp3) is 0.118. The first-order valence-electron chi connectivity index (χ1n) is 7.70. The second-order valence-corrected chi connectivity index (χ2v) is 6.40. The van der Waals surface area contributed by atoms with Crippen LogP contribution in [0, 0.1) is 10.1 Å². The first kappa shape index (κ1) is 18.3. The predicted octanol–water partition coefficient (Wildman–Crippen LogP) is 2.56. The third kappa shape index (κ3) is 3.44. The van der Waals surface area contributed by atoms with E-state index in [1.165, 1.54) is 25.1 Å². The van der Waals surface area contributed by atoms with Crippen molar-refractivity contribution >= 4 is 40.8 Å². The Morgan fingerprint density at radius 1 is 1.22 bits per heavy atom. The van der Waals surface area contributed by atoms with Crippen LogP contribution in [0.3, 0.4) is 0 Å². The number of hydrogen-bond acceptors (Lipinski definition) is 5.